The molecule has 0 saturated heterocycles. The van der Waals surface area contributed by atoms with Crippen molar-refractivity contribution in [1.29, 1.82) is 0 Å². The second-order valence-corrected chi connectivity index (χ2v) is 7.38. The maximum absolute atomic E-state index is 12.9. The lowest BCUT2D eigenvalue weighted by molar-refractivity contribution is 0.0923. The van der Waals surface area contributed by atoms with Crippen LogP contribution in [0.5, 0.6) is 5.75 Å². The predicted octanol–water partition coefficient (Wildman–Crippen LogP) is 4.47. The first-order chi connectivity index (χ1) is 15.0. The third-order valence-electron chi connectivity index (χ3n) is 4.92. The Morgan fingerprint density at radius 3 is 2.29 bits per heavy atom. The number of benzene rings is 3. The summed E-state index contributed by atoms with van der Waals surface area (Å²) < 4.78 is 5.40. The van der Waals surface area contributed by atoms with Gasteiger partial charge in [-0.25, -0.2) is 4.90 Å². The zero-order valence-corrected chi connectivity index (χ0v) is 17.5. The van der Waals surface area contributed by atoms with Crippen molar-refractivity contribution >= 4 is 35.0 Å². The highest BCUT2D eigenvalue weighted by Crippen LogP contribution is 2.30. The second kappa shape index (κ2) is 8.62. The van der Waals surface area contributed by atoms with Crippen molar-refractivity contribution in [2.75, 3.05) is 11.5 Å². The molecule has 1 heterocycles. The van der Waals surface area contributed by atoms with Crippen LogP contribution in [0.4, 0.5) is 5.69 Å². The largest absolute Gasteiger partial charge is 0.494 e. The molecule has 3 aromatic carbocycles. The minimum atomic E-state index is -0.462. The van der Waals surface area contributed by atoms with E-state index in [4.69, 9.17) is 16.3 Å². The van der Waals surface area contributed by atoms with E-state index in [-0.39, 0.29) is 17.0 Å². The van der Waals surface area contributed by atoms with Crippen LogP contribution in [0.15, 0.2) is 66.7 Å². The number of carbonyl (C=O) groups is 3. The first-order valence-electron chi connectivity index (χ1n) is 9.76. The first-order valence-corrected chi connectivity index (χ1v) is 10.1. The number of hydrogen-bond donors (Lipinski definition) is 1. The highest BCUT2D eigenvalue weighted by Gasteiger charge is 2.37. The molecule has 1 aliphatic heterocycles. The van der Waals surface area contributed by atoms with E-state index in [1.807, 2.05) is 19.1 Å². The molecule has 156 valence electrons. The van der Waals surface area contributed by atoms with Crippen LogP contribution in [0.2, 0.25) is 5.02 Å². The maximum atomic E-state index is 12.9. The average molecular weight is 435 g/mol. The van der Waals surface area contributed by atoms with Gasteiger partial charge in [-0.05, 0) is 67.1 Å². The summed E-state index contributed by atoms with van der Waals surface area (Å²) in [7, 11) is 0. The molecule has 0 fully saturated rings. The molecule has 7 heteroatoms. The highest BCUT2D eigenvalue weighted by molar-refractivity contribution is 6.34. The quantitative estimate of drug-likeness (QED) is 0.581. The standard InChI is InChI=1S/C24H19ClN2O4/c1-2-31-19-10-8-18(9-11-19)27-23(29)20-12-5-16(13-21(20)24(27)30)22(28)26-14-15-3-6-17(25)7-4-15/h3-13H,2,14H2,1H3,(H,26,28). The van der Waals surface area contributed by atoms with Gasteiger partial charge in [-0.2, -0.15) is 0 Å². The molecule has 0 radical (unpaired) electrons. The normalized spacial score (nSPS) is 12.6. The Labute approximate surface area is 184 Å². The van der Waals surface area contributed by atoms with Crippen LogP contribution in [0, 0.1) is 0 Å². The predicted molar refractivity (Wildman–Crippen MR) is 118 cm³/mol. The number of anilines is 1. The van der Waals surface area contributed by atoms with Gasteiger partial charge in [0.2, 0.25) is 0 Å². The number of fused-ring (bicyclic) bond motifs is 1. The Balaban J connectivity index is 1.51. The first kappa shape index (κ1) is 20.6. The van der Waals surface area contributed by atoms with Gasteiger partial charge >= 0.3 is 0 Å². The number of nitrogens with zero attached hydrogens (tertiary/aromatic N) is 1. The molecule has 3 amide bonds. The van der Waals surface area contributed by atoms with Crippen molar-refractivity contribution in [3.05, 3.63) is 94.0 Å². The van der Waals surface area contributed by atoms with Crippen molar-refractivity contribution in [1.82, 2.24) is 5.32 Å². The summed E-state index contributed by atoms with van der Waals surface area (Å²) in [6.45, 7) is 2.72. The smallest absolute Gasteiger partial charge is 0.266 e. The molecule has 4 rings (SSSR count). The van der Waals surface area contributed by atoms with Gasteiger partial charge in [-0.3, -0.25) is 14.4 Å². The van der Waals surface area contributed by atoms with Gasteiger partial charge in [0.15, 0.2) is 0 Å². The van der Waals surface area contributed by atoms with Crippen molar-refractivity contribution in [3.8, 4) is 5.75 Å². The van der Waals surface area contributed by atoms with Gasteiger partial charge in [0.05, 0.1) is 23.4 Å². The molecule has 0 spiro atoms. The molecule has 1 N–H and O–H groups in total. The summed E-state index contributed by atoms with van der Waals surface area (Å²) >= 11 is 5.87. The third-order valence-corrected chi connectivity index (χ3v) is 5.17. The third kappa shape index (κ3) is 4.15. The molecule has 0 aromatic heterocycles. The van der Waals surface area contributed by atoms with Crippen LogP contribution in [0.1, 0.15) is 43.6 Å². The van der Waals surface area contributed by atoms with Gasteiger partial charge in [0, 0.05) is 17.1 Å². The molecule has 6 nitrogen and oxygen atoms in total. The van der Waals surface area contributed by atoms with Crippen LogP contribution in [-0.2, 0) is 6.54 Å². The lowest BCUT2D eigenvalue weighted by Crippen LogP contribution is -2.29. The van der Waals surface area contributed by atoms with Gasteiger partial charge in [-0.1, -0.05) is 23.7 Å². The summed E-state index contributed by atoms with van der Waals surface area (Å²) in [5, 5.41) is 3.43. The van der Waals surface area contributed by atoms with E-state index in [0.29, 0.717) is 35.2 Å². The summed E-state index contributed by atoms with van der Waals surface area (Å²) in [6.07, 6.45) is 0. The molecule has 3 aromatic rings. The SMILES string of the molecule is CCOc1ccc(N2C(=O)c3ccc(C(=O)NCc4ccc(Cl)cc4)cc3C2=O)cc1. The van der Waals surface area contributed by atoms with Crippen LogP contribution >= 0.6 is 11.6 Å². The minimum Gasteiger partial charge on any atom is -0.494 e. The molecule has 0 saturated carbocycles. The number of amides is 3. The number of nitrogens with one attached hydrogen (secondary N) is 1. The van der Waals surface area contributed by atoms with E-state index in [1.165, 1.54) is 12.1 Å². The van der Waals surface area contributed by atoms with Gasteiger partial charge in [-0.15, -0.1) is 0 Å². The number of ether oxygens (including phenoxy) is 1. The molecule has 0 aliphatic carbocycles. The number of imide groups is 1. The van der Waals surface area contributed by atoms with Crippen LogP contribution in [0.3, 0.4) is 0 Å². The monoisotopic (exact) mass is 434 g/mol. The minimum absolute atomic E-state index is 0.207. The Morgan fingerprint density at radius 1 is 0.935 bits per heavy atom. The molecule has 0 bridgehead atoms. The lowest BCUT2D eigenvalue weighted by atomic mass is 10.1. The van der Waals surface area contributed by atoms with Gasteiger partial charge in [0.1, 0.15) is 5.75 Å². The fourth-order valence-electron chi connectivity index (χ4n) is 3.36. The van der Waals surface area contributed by atoms with E-state index in [9.17, 15) is 14.4 Å². The average Bonchev–Trinajstić information content (AvgIpc) is 3.03. The number of halogens is 1. The van der Waals surface area contributed by atoms with E-state index in [2.05, 4.69) is 5.32 Å². The van der Waals surface area contributed by atoms with Crippen molar-refractivity contribution in [2.24, 2.45) is 0 Å². The number of hydrogen-bond acceptors (Lipinski definition) is 4. The molecular formula is C24H19ClN2O4. The summed E-state index contributed by atoms with van der Waals surface area (Å²) in [6, 6.07) is 18.4. The number of rotatable bonds is 6. The molecular weight excluding hydrogens is 416 g/mol. The fourth-order valence-corrected chi connectivity index (χ4v) is 3.49. The Bertz CT molecular complexity index is 1160. The highest BCUT2D eigenvalue weighted by atomic mass is 35.5. The van der Waals surface area contributed by atoms with Crippen molar-refractivity contribution < 1.29 is 19.1 Å². The Kier molecular flexibility index (Phi) is 5.73. The Hall–Kier alpha value is -3.64. The second-order valence-electron chi connectivity index (χ2n) is 6.94. The lowest BCUT2D eigenvalue weighted by Gasteiger charge is -2.14. The summed E-state index contributed by atoms with van der Waals surface area (Å²) in [4.78, 5) is 39.4. The maximum Gasteiger partial charge on any atom is 0.266 e. The topological polar surface area (TPSA) is 75.7 Å². The zero-order chi connectivity index (χ0) is 22.0. The summed E-state index contributed by atoms with van der Waals surface area (Å²) in [5.41, 5.74) is 2.13. The van der Waals surface area contributed by atoms with Crippen molar-refractivity contribution in [2.45, 2.75) is 13.5 Å². The van der Waals surface area contributed by atoms with Crippen LogP contribution in [-0.4, -0.2) is 24.3 Å². The van der Waals surface area contributed by atoms with E-state index >= 15 is 0 Å². The molecule has 1 aliphatic rings. The van der Waals surface area contributed by atoms with Gasteiger partial charge < -0.3 is 10.1 Å². The summed E-state index contributed by atoms with van der Waals surface area (Å²) in [5.74, 6) is -0.561. The number of carbonyl (C=O) groups excluding carboxylic acids is 3. The van der Waals surface area contributed by atoms with Crippen LogP contribution < -0.4 is 15.0 Å². The fraction of sp³-hybridized carbons (Fsp3) is 0.125. The molecule has 0 unspecified atom stereocenters. The van der Waals surface area contributed by atoms with Crippen molar-refractivity contribution in [3.63, 3.8) is 0 Å². The molecule has 31 heavy (non-hydrogen) atoms. The Morgan fingerprint density at radius 2 is 1.61 bits per heavy atom. The van der Waals surface area contributed by atoms with E-state index in [1.54, 1.807) is 42.5 Å². The van der Waals surface area contributed by atoms with Gasteiger partial charge in [0.25, 0.3) is 17.7 Å². The zero-order valence-electron chi connectivity index (χ0n) is 16.7. The van der Waals surface area contributed by atoms with Crippen LogP contribution in [0.25, 0.3) is 0 Å². The van der Waals surface area contributed by atoms with E-state index < -0.39 is 11.8 Å². The molecule has 0 atom stereocenters. The van der Waals surface area contributed by atoms with E-state index in [0.717, 1.165) is 10.5 Å².